The Kier molecular flexibility index (Phi) is 7.87. The summed E-state index contributed by atoms with van der Waals surface area (Å²) in [6, 6.07) is 15.3. The van der Waals surface area contributed by atoms with Crippen LogP contribution in [0.4, 0.5) is 16.2 Å². The molecule has 11 heteroatoms. The molecule has 0 unspecified atom stereocenters. The number of benzene rings is 3. The number of nitro benzene ring substituents is 1. The monoisotopic (exact) mass is 579 g/mol. The molecule has 1 aliphatic heterocycles. The van der Waals surface area contributed by atoms with E-state index in [1.165, 1.54) is 25.3 Å². The van der Waals surface area contributed by atoms with Gasteiger partial charge in [-0.2, -0.15) is 0 Å². The first-order chi connectivity index (χ1) is 18.2. The van der Waals surface area contributed by atoms with Crippen molar-refractivity contribution in [3.8, 4) is 11.5 Å². The number of aryl methyl sites for hydroxylation is 1. The molecule has 3 aromatic rings. The zero-order chi connectivity index (χ0) is 27.4. The average Bonchev–Trinajstić information content (AvgIpc) is 2.90. The number of amides is 4. The van der Waals surface area contributed by atoms with Gasteiger partial charge in [0.05, 0.1) is 22.2 Å². The van der Waals surface area contributed by atoms with Gasteiger partial charge < -0.3 is 9.47 Å². The van der Waals surface area contributed by atoms with Crippen LogP contribution in [0.5, 0.6) is 11.5 Å². The molecule has 4 amide bonds. The van der Waals surface area contributed by atoms with E-state index in [0.29, 0.717) is 32.8 Å². The maximum atomic E-state index is 13.2. The molecule has 1 fully saturated rings. The number of imide groups is 2. The highest BCUT2D eigenvalue weighted by Crippen LogP contribution is 2.38. The average molecular weight is 580 g/mol. The third-order valence-electron chi connectivity index (χ3n) is 5.77. The molecule has 38 heavy (non-hydrogen) atoms. The van der Waals surface area contributed by atoms with Crippen LogP contribution in [0.25, 0.3) is 6.08 Å². The number of methoxy groups -OCH3 is 1. The van der Waals surface area contributed by atoms with Crippen LogP contribution < -0.4 is 19.7 Å². The fourth-order valence-corrected chi connectivity index (χ4v) is 4.39. The molecule has 0 radical (unpaired) electrons. The summed E-state index contributed by atoms with van der Waals surface area (Å²) in [7, 11) is 1.43. The van der Waals surface area contributed by atoms with E-state index in [4.69, 9.17) is 9.47 Å². The quantitative estimate of drug-likeness (QED) is 0.168. The summed E-state index contributed by atoms with van der Waals surface area (Å²) in [5, 5.41) is 13.2. The van der Waals surface area contributed by atoms with Gasteiger partial charge in [-0.1, -0.05) is 31.2 Å². The number of halogens is 1. The Hall–Kier alpha value is -4.51. The van der Waals surface area contributed by atoms with Gasteiger partial charge in [0.15, 0.2) is 11.5 Å². The number of rotatable bonds is 8. The van der Waals surface area contributed by atoms with Crippen LogP contribution in [0.1, 0.15) is 23.6 Å². The molecule has 1 N–H and O–H groups in total. The molecule has 194 valence electrons. The molecule has 0 spiro atoms. The molecule has 1 aliphatic rings. The summed E-state index contributed by atoms with van der Waals surface area (Å²) < 4.78 is 11.8. The lowest BCUT2D eigenvalue weighted by atomic mass is 10.1. The Balaban J connectivity index is 1.61. The van der Waals surface area contributed by atoms with Crippen LogP contribution in [0.3, 0.4) is 0 Å². The number of nitrogens with one attached hydrogen (secondary N) is 1. The van der Waals surface area contributed by atoms with Gasteiger partial charge in [-0.3, -0.25) is 25.0 Å². The van der Waals surface area contributed by atoms with Crippen molar-refractivity contribution in [1.29, 1.82) is 0 Å². The van der Waals surface area contributed by atoms with Crippen LogP contribution >= 0.6 is 15.9 Å². The number of hydrogen-bond acceptors (Lipinski definition) is 7. The molecule has 0 aliphatic carbocycles. The van der Waals surface area contributed by atoms with Crippen molar-refractivity contribution >= 4 is 51.2 Å². The van der Waals surface area contributed by atoms with Crippen molar-refractivity contribution in [2.45, 2.75) is 20.0 Å². The van der Waals surface area contributed by atoms with Crippen molar-refractivity contribution in [3.63, 3.8) is 0 Å². The molecule has 0 saturated carbocycles. The molecular weight excluding hydrogens is 558 g/mol. The number of non-ortho nitro benzene ring substituents is 1. The predicted octanol–water partition coefficient (Wildman–Crippen LogP) is 5.17. The number of carbonyl (C=O) groups is 3. The summed E-state index contributed by atoms with van der Waals surface area (Å²) >= 11 is 3.42. The minimum Gasteiger partial charge on any atom is -0.493 e. The van der Waals surface area contributed by atoms with Crippen molar-refractivity contribution < 1.29 is 28.8 Å². The lowest BCUT2D eigenvalue weighted by Gasteiger charge is -2.26. The Morgan fingerprint density at radius 2 is 1.79 bits per heavy atom. The number of anilines is 1. The van der Waals surface area contributed by atoms with E-state index in [1.807, 2.05) is 19.1 Å². The van der Waals surface area contributed by atoms with Gasteiger partial charge in [0.1, 0.15) is 12.2 Å². The van der Waals surface area contributed by atoms with Crippen LogP contribution in [-0.4, -0.2) is 29.9 Å². The number of urea groups is 1. The summed E-state index contributed by atoms with van der Waals surface area (Å²) in [6.07, 6.45) is 2.15. The first-order valence-corrected chi connectivity index (χ1v) is 12.2. The summed E-state index contributed by atoms with van der Waals surface area (Å²) in [5.74, 6) is -0.955. The Bertz CT molecular complexity index is 1470. The van der Waals surface area contributed by atoms with E-state index in [9.17, 15) is 24.5 Å². The van der Waals surface area contributed by atoms with Gasteiger partial charge in [0.25, 0.3) is 17.5 Å². The third kappa shape index (κ3) is 5.57. The van der Waals surface area contributed by atoms with E-state index >= 15 is 0 Å². The number of nitro groups is 1. The summed E-state index contributed by atoms with van der Waals surface area (Å²) in [5.41, 5.74) is 2.11. The number of nitrogens with zero attached hydrogens (tertiary/aromatic N) is 2. The SMILES string of the molecule is CCc1ccc(N2C(=O)NC(=O)/C(=C/c3cc(Br)c(OCc4cccc([N+](=O)[O-])c4)c(OC)c3)C2=O)cc1. The zero-order valence-corrected chi connectivity index (χ0v) is 22.0. The highest BCUT2D eigenvalue weighted by molar-refractivity contribution is 9.10. The van der Waals surface area contributed by atoms with Crippen molar-refractivity contribution in [1.82, 2.24) is 5.32 Å². The number of hydrogen-bond donors (Lipinski definition) is 1. The van der Waals surface area contributed by atoms with E-state index < -0.39 is 22.8 Å². The van der Waals surface area contributed by atoms with Gasteiger partial charge in [0, 0.05) is 12.1 Å². The van der Waals surface area contributed by atoms with Crippen LogP contribution in [0.15, 0.2) is 70.7 Å². The number of barbiturate groups is 1. The highest BCUT2D eigenvalue weighted by Gasteiger charge is 2.36. The lowest BCUT2D eigenvalue weighted by Crippen LogP contribution is -2.54. The second kappa shape index (κ2) is 11.3. The number of carbonyl (C=O) groups excluding carboxylic acids is 3. The van der Waals surface area contributed by atoms with E-state index in [1.54, 1.807) is 36.4 Å². The minimum absolute atomic E-state index is 0.0336. The Morgan fingerprint density at radius 3 is 2.45 bits per heavy atom. The minimum atomic E-state index is -0.829. The van der Waals surface area contributed by atoms with E-state index in [-0.39, 0.29) is 17.9 Å². The van der Waals surface area contributed by atoms with E-state index in [0.717, 1.165) is 16.9 Å². The van der Waals surface area contributed by atoms with Crippen molar-refractivity contribution in [2.24, 2.45) is 0 Å². The molecule has 4 rings (SSSR count). The summed E-state index contributed by atoms with van der Waals surface area (Å²) in [6.45, 7) is 2.02. The molecule has 10 nitrogen and oxygen atoms in total. The molecule has 1 saturated heterocycles. The Morgan fingerprint density at radius 1 is 1.05 bits per heavy atom. The smallest absolute Gasteiger partial charge is 0.335 e. The third-order valence-corrected chi connectivity index (χ3v) is 6.36. The zero-order valence-electron chi connectivity index (χ0n) is 20.4. The standard InChI is InChI=1S/C27H22BrN3O7/c1-3-16-7-9-19(10-8-16)30-26(33)21(25(32)29-27(30)34)12-18-13-22(28)24(23(14-18)37-2)38-15-17-5-4-6-20(11-17)31(35)36/h4-14H,3,15H2,1-2H3,(H,29,32,34)/b21-12-. The maximum absolute atomic E-state index is 13.2. The fourth-order valence-electron chi connectivity index (χ4n) is 3.82. The second-order valence-corrected chi connectivity index (χ2v) is 9.08. The van der Waals surface area contributed by atoms with Crippen molar-refractivity contribution in [3.05, 3.63) is 97.5 Å². The van der Waals surface area contributed by atoms with Crippen LogP contribution in [-0.2, 0) is 22.6 Å². The van der Waals surface area contributed by atoms with Gasteiger partial charge in [-0.25, -0.2) is 9.69 Å². The number of ether oxygens (including phenoxy) is 2. The topological polar surface area (TPSA) is 128 Å². The van der Waals surface area contributed by atoms with Crippen LogP contribution in [0.2, 0.25) is 0 Å². The van der Waals surface area contributed by atoms with Crippen molar-refractivity contribution in [2.75, 3.05) is 12.0 Å². The molecule has 3 aromatic carbocycles. The van der Waals surface area contributed by atoms with Gasteiger partial charge >= 0.3 is 6.03 Å². The van der Waals surface area contributed by atoms with Gasteiger partial charge in [0.2, 0.25) is 0 Å². The maximum Gasteiger partial charge on any atom is 0.335 e. The van der Waals surface area contributed by atoms with Gasteiger partial charge in [-0.05, 0) is 69.4 Å². The second-order valence-electron chi connectivity index (χ2n) is 8.23. The lowest BCUT2D eigenvalue weighted by molar-refractivity contribution is -0.384. The Labute approximate surface area is 226 Å². The van der Waals surface area contributed by atoms with Crippen LogP contribution in [0, 0.1) is 10.1 Å². The first-order valence-electron chi connectivity index (χ1n) is 11.5. The first kappa shape index (κ1) is 26.6. The van der Waals surface area contributed by atoms with Gasteiger partial charge in [-0.15, -0.1) is 0 Å². The molecule has 1 heterocycles. The highest BCUT2D eigenvalue weighted by atomic mass is 79.9. The molecule has 0 bridgehead atoms. The molecular formula is C27H22BrN3O7. The molecule has 0 atom stereocenters. The fraction of sp³-hybridized carbons (Fsp3) is 0.148. The summed E-state index contributed by atoms with van der Waals surface area (Å²) in [4.78, 5) is 49.7. The van der Waals surface area contributed by atoms with E-state index in [2.05, 4.69) is 21.2 Å². The normalized spacial score (nSPS) is 14.4. The largest absolute Gasteiger partial charge is 0.493 e. The predicted molar refractivity (Wildman–Crippen MR) is 143 cm³/mol. The molecule has 0 aromatic heterocycles.